The van der Waals surface area contributed by atoms with Crippen molar-refractivity contribution in [1.29, 1.82) is 0 Å². The van der Waals surface area contributed by atoms with Gasteiger partial charge in [0.25, 0.3) is 5.91 Å². The number of carbonyl (C=O) groups excluding carboxylic acids is 2. The number of fused-ring (bicyclic) bond motifs is 1. The predicted molar refractivity (Wildman–Crippen MR) is 125 cm³/mol. The van der Waals surface area contributed by atoms with E-state index in [9.17, 15) is 9.59 Å². The third-order valence-electron chi connectivity index (χ3n) is 5.47. The molecule has 0 spiro atoms. The van der Waals surface area contributed by atoms with Crippen LogP contribution in [0.3, 0.4) is 0 Å². The molecule has 1 aliphatic carbocycles. The largest absolute Gasteiger partial charge is 0.349 e. The normalized spacial score (nSPS) is 14.3. The summed E-state index contributed by atoms with van der Waals surface area (Å²) < 4.78 is 0. The number of thioether (sulfide) groups is 1. The maximum Gasteiger partial charge on any atom is 0.252 e. The maximum absolute atomic E-state index is 12.7. The van der Waals surface area contributed by atoms with Gasteiger partial charge in [-0.05, 0) is 49.4 Å². The lowest BCUT2D eigenvalue weighted by Gasteiger charge is -2.15. The molecule has 1 aromatic heterocycles. The molecule has 1 unspecified atom stereocenters. The second-order valence-corrected chi connectivity index (χ2v) is 8.94. The van der Waals surface area contributed by atoms with Gasteiger partial charge in [0.1, 0.15) is 0 Å². The van der Waals surface area contributed by atoms with E-state index in [-0.39, 0.29) is 29.7 Å². The Morgan fingerprint density at radius 1 is 1.13 bits per heavy atom. The molecule has 0 radical (unpaired) electrons. The number of carbonyl (C=O) groups is 2. The molecule has 1 aliphatic rings. The van der Waals surface area contributed by atoms with E-state index in [4.69, 9.17) is 0 Å². The minimum Gasteiger partial charge on any atom is -0.349 e. The zero-order valence-electron chi connectivity index (χ0n) is 17.9. The van der Waals surface area contributed by atoms with Crippen molar-refractivity contribution >= 4 is 34.5 Å². The van der Waals surface area contributed by atoms with Gasteiger partial charge >= 0.3 is 0 Å². The van der Waals surface area contributed by atoms with E-state index >= 15 is 0 Å². The van der Waals surface area contributed by atoms with Gasteiger partial charge in [0, 0.05) is 11.4 Å². The van der Waals surface area contributed by atoms with E-state index in [1.807, 2.05) is 31.2 Å². The van der Waals surface area contributed by atoms with Gasteiger partial charge in [0.05, 0.1) is 27.9 Å². The topological polar surface area (TPSA) is 71.1 Å². The molecular formula is C25H27N3O2S. The number of para-hydroxylation sites is 1. The van der Waals surface area contributed by atoms with Gasteiger partial charge in [-0.25, -0.2) is 4.98 Å². The molecule has 0 saturated heterocycles. The zero-order valence-corrected chi connectivity index (χ0v) is 18.7. The fourth-order valence-corrected chi connectivity index (χ4v) is 4.18. The summed E-state index contributed by atoms with van der Waals surface area (Å²) in [6.07, 6.45) is 3.07. The molecule has 2 amide bonds. The molecule has 6 heteroatoms. The molecule has 1 atom stereocenters. The lowest BCUT2D eigenvalue weighted by Crippen LogP contribution is -2.28. The Labute approximate surface area is 187 Å². The summed E-state index contributed by atoms with van der Waals surface area (Å²) >= 11 is 1.35. The quantitative estimate of drug-likeness (QED) is 0.507. The Morgan fingerprint density at radius 3 is 2.58 bits per heavy atom. The van der Waals surface area contributed by atoms with Gasteiger partial charge in [-0.2, -0.15) is 0 Å². The summed E-state index contributed by atoms with van der Waals surface area (Å²) in [6, 6.07) is 18.0. The second-order valence-electron chi connectivity index (χ2n) is 7.95. The highest BCUT2D eigenvalue weighted by Crippen LogP contribution is 2.26. The van der Waals surface area contributed by atoms with Crippen LogP contribution in [0.5, 0.6) is 0 Å². The lowest BCUT2D eigenvalue weighted by atomic mass is 10.1. The van der Waals surface area contributed by atoms with Crippen LogP contribution in [0, 0.1) is 0 Å². The summed E-state index contributed by atoms with van der Waals surface area (Å²) in [6.45, 7) is 4.11. The third-order valence-corrected chi connectivity index (χ3v) is 6.38. The third kappa shape index (κ3) is 5.44. The Morgan fingerprint density at radius 2 is 1.87 bits per heavy atom. The van der Waals surface area contributed by atoms with E-state index < -0.39 is 0 Å². The summed E-state index contributed by atoms with van der Waals surface area (Å²) in [4.78, 5) is 29.9. The van der Waals surface area contributed by atoms with Crippen molar-refractivity contribution in [2.75, 3.05) is 5.75 Å². The fourth-order valence-electron chi connectivity index (χ4n) is 3.45. The zero-order chi connectivity index (χ0) is 21.8. The number of hydrogen-bond acceptors (Lipinski definition) is 4. The monoisotopic (exact) mass is 433 g/mol. The molecule has 31 heavy (non-hydrogen) atoms. The minimum absolute atomic E-state index is 0.0593. The van der Waals surface area contributed by atoms with Gasteiger partial charge in [0.2, 0.25) is 5.91 Å². The van der Waals surface area contributed by atoms with E-state index in [1.54, 1.807) is 6.07 Å². The van der Waals surface area contributed by atoms with Crippen molar-refractivity contribution in [3.63, 3.8) is 0 Å². The lowest BCUT2D eigenvalue weighted by molar-refractivity contribution is -0.119. The molecule has 2 N–H and O–H groups in total. The van der Waals surface area contributed by atoms with Crippen LogP contribution in [0.15, 0.2) is 59.6 Å². The first-order valence-corrected chi connectivity index (χ1v) is 11.7. The van der Waals surface area contributed by atoms with Crippen LogP contribution < -0.4 is 10.6 Å². The van der Waals surface area contributed by atoms with Crippen molar-refractivity contribution in [2.24, 2.45) is 0 Å². The van der Waals surface area contributed by atoms with Crippen LogP contribution in [0.1, 0.15) is 54.2 Å². The predicted octanol–water partition coefficient (Wildman–Crippen LogP) is 4.66. The Balaban J connectivity index is 1.42. The molecule has 4 rings (SSSR count). The SMILES string of the molecule is CCc1ccc(C(C)NC(=O)CSc2cc(C(=O)NC3CC3)c3ccccc3n2)cc1. The number of hydrogen-bond donors (Lipinski definition) is 2. The Hall–Kier alpha value is -2.86. The van der Waals surface area contributed by atoms with E-state index in [0.29, 0.717) is 10.6 Å². The number of benzene rings is 2. The maximum atomic E-state index is 12.7. The molecule has 1 saturated carbocycles. The number of aryl methyl sites for hydroxylation is 1. The number of amides is 2. The summed E-state index contributed by atoms with van der Waals surface area (Å²) in [5.41, 5.74) is 3.74. The number of rotatable bonds is 8. The minimum atomic E-state index is -0.0726. The van der Waals surface area contributed by atoms with Crippen molar-refractivity contribution < 1.29 is 9.59 Å². The highest BCUT2D eigenvalue weighted by Gasteiger charge is 2.25. The molecule has 1 heterocycles. The van der Waals surface area contributed by atoms with Gasteiger partial charge in [0.15, 0.2) is 0 Å². The number of pyridine rings is 1. The van der Waals surface area contributed by atoms with Crippen LogP contribution in [-0.2, 0) is 11.2 Å². The standard InChI is InChI=1S/C25H27N3O2S/c1-3-17-8-10-18(11-9-17)16(2)26-23(29)15-31-24-14-21(25(30)27-19-12-13-19)20-6-4-5-7-22(20)28-24/h4-11,14,16,19H,3,12-13,15H2,1-2H3,(H,26,29)(H,27,30). The highest BCUT2D eigenvalue weighted by molar-refractivity contribution is 7.99. The van der Waals surface area contributed by atoms with Gasteiger partial charge in [-0.15, -0.1) is 0 Å². The molecule has 160 valence electrons. The molecule has 1 fully saturated rings. The molecule has 5 nitrogen and oxygen atoms in total. The van der Waals surface area contributed by atoms with Crippen LogP contribution in [0.25, 0.3) is 10.9 Å². The first-order valence-electron chi connectivity index (χ1n) is 10.7. The van der Waals surface area contributed by atoms with Crippen LogP contribution in [0.2, 0.25) is 0 Å². The Kier molecular flexibility index (Phi) is 6.56. The molecule has 3 aromatic rings. The summed E-state index contributed by atoms with van der Waals surface area (Å²) in [5.74, 6) is 0.111. The number of nitrogens with one attached hydrogen (secondary N) is 2. The van der Waals surface area contributed by atoms with Crippen LogP contribution >= 0.6 is 11.8 Å². The first-order chi connectivity index (χ1) is 15.0. The van der Waals surface area contributed by atoms with E-state index in [0.717, 1.165) is 35.7 Å². The summed E-state index contributed by atoms with van der Waals surface area (Å²) in [5, 5.41) is 7.61. The average Bonchev–Trinajstić information content (AvgIpc) is 3.61. The molecule has 2 aromatic carbocycles. The van der Waals surface area contributed by atoms with E-state index in [1.165, 1.54) is 17.3 Å². The van der Waals surface area contributed by atoms with Crippen LogP contribution in [0.4, 0.5) is 0 Å². The van der Waals surface area contributed by atoms with Gasteiger partial charge < -0.3 is 10.6 Å². The Bertz CT molecular complexity index is 1090. The van der Waals surface area contributed by atoms with Crippen molar-refractivity contribution in [3.8, 4) is 0 Å². The highest BCUT2D eigenvalue weighted by atomic mass is 32.2. The van der Waals surface area contributed by atoms with E-state index in [2.05, 4.69) is 46.8 Å². The van der Waals surface area contributed by atoms with Gasteiger partial charge in [-0.1, -0.05) is 61.2 Å². The fraction of sp³-hybridized carbons (Fsp3) is 0.320. The summed E-state index contributed by atoms with van der Waals surface area (Å²) in [7, 11) is 0. The first kappa shape index (κ1) is 21.4. The molecular weight excluding hydrogens is 406 g/mol. The molecule has 0 aliphatic heterocycles. The molecule has 0 bridgehead atoms. The average molecular weight is 434 g/mol. The van der Waals surface area contributed by atoms with Crippen molar-refractivity contribution in [2.45, 2.75) is 50.2 Å². The smallest absolute Gasteiger partial charge is 0.252 e. The van der Waals surface area contributed by atoms with Gasteiger partial charge in [-0.3, -0.25) is 9.59 Å². The van der Waals surface area contributed by atoms with Crippen molar-refractivity contribution in [3.05, 3.63) is 71.3 Å². The number of aromatic nitrogens is 1. The van der Waals surface area contributed by atoms with Crippen LogP contribution in [-0.4, -0.2) is 28.6 Å². The second kappa shape index (κ2) is 9.52. The van der Waals surface area contributed by atoms with Crippen molar-refractivity contribution in [1.82, 2.24) is 15.6 Å². The number of nitrogens with zero attached hydrogens (tertiary/aromatic N) is 1.